The van der Waals surface area contributed by atoms with Crippen molar-refractivity contribution >= 4 is 40.1 Å². The lowest BCUT2D eigenvalue weighted by atomic mass is 9.82. The summed E-state index contributed by atoms with van der Waals surface area (Å²) in [6, 6.07) is 9.41. The van der Waals surface area contributed by atoms with E-state index in [1.54, 1.807) is 13.0 Å². The molecule has 0 amide bonds. The molecule has 0 saturated heterocycles. The zero-order valence-electron chi connectivity index (χ0n) is 20.5. The smallest absolute Gasteiger partial charge is 0.303 e. The number of carbonyl (C=O) groups is 2. The first-order valence-electron chi connectivity index (χ1n) is 12.2. The number of nitrogens with zero attached hydrogens (tertiary/aromatic N) is 3. The van der Waals surface area contributed by atoms with E-state index in [1.165, 1.54) is 6.20 Å². The fourth-order valence-corrected chi connectivity index (χ4v) is 5.50. The summed E-state index contributed by atoms with van der Waals surface area (Å²) in [5.41, 5.74) is 3.62. The number of aromatic nitrogens is 2. The molecule has 188 valence electrons. The Morgan fingerprint density at radius 2 is 2.00 bits per heavy atom. The number of hydrogen-bond acceptors (Lipinski definition) is 4. The molecule has 1 aliphatic rings. The number of aryl methyl sites for hydroxylation is 1. The number of carboxylic acids is 1. The van der Waals surface area contributed by atoms with Crippen molar-refractivity contribution in [1.82, 2.24) is 9.55 Å². The summed E-state index contributed by atoms with van der Waals surface area (Å²) < 4.78 is 8.14. The summed E-state index contributed by atoms with van der Waals surface area (Å²) in [6.07, 6.45) is 5.21. The number of Topliss-reactive ketones (excluding diaryl/α,β-unsaturated/α-hetero) is 1. The van der Waals surface area contributed by atoms with E-state index in [-0.39, 0.29) is 36.6 Å². The maximum atomic E-state index is 13.5. The molecule has 1 aliphatic carbocycles. The van der Waals surface area contributed by atoms with Crippen molar-refractivity contribution in [3.63, 3.8) is 0 Å². The third kappa shape index (κ3) is 5.77. The van der Waals surface area contributed by atoms with Gasteiger partial charge in [-0.1, -0.05) is 30.7 Å². The van der Waals surface area contributed by atoms with Gasteiger partial charge in [0, 0.05) is 53.7 Å². The van der Waals surface area contributed by atoms with Gasteiger partial charge in [0.2, 0.25) is 5.69 Å². The molecule has 36 heavy (non-hydrogen) atoms. The Morgan fingerprint density at radius 1 is 1.25 bits per heavy atom. The highest BCUT2D eigenvalue weighted by molar-refractivity contribution is 6.30. The molecule has 1 N–H and O–H groups in total. The number of halogens is 1. The van der Waals surface area contributed by atoms with Gasteiger partial charge >= 0.3 is 5.97 Å². The molecule has 1 fully saturated rings. The quantitative estimate of drug-likeness (QED) is 0.257. The Kier molecular flexibility index (Phi) is 8.07. The van der Waals surface area contributed by atoms with Gasteiger partial charge in [0.25, 0.3) is 0 Å². The number of fused-ring (bicyclic) bond motifs is 1. The largest absolute Gasteiger partial charge is 0.481 e. The number of ether oxygens (including phenoxy) is 1. The first kappa shape index (κ1) is 25.9. The summed E-state index contributed by atoms with van der Waals surface area (Å²) in [5.74, 6) is -1.14. The molecule has 0 bridgehead atoms. The van der Waals surface area contributed by atoms with E-state index in [2.05, 4.69) is 9.83 Å². The molecule has 2 heterocycles. The van der Waals surface area contributed by atoms with Crippen LogP contribution in [0.3, 0.4) is 0 Å². The van der Waals surface area contributed by atoms with Crippen molar-refractivity contribution in [3.05, 3.63) is 69.8 Å². The number of aliphatic carboxylic acids is 1. The van der Waals surface area contributed by atoms with Crippen molar-refractivity contribution in [2.24, 2.45) is 13.0 Å². The van der Waals surface area contributed by atoms with Gasteiger partial charge in [-0.25, -0.2) is 9.83 Å². The van der Waals surface area contributed by atoms with E-state index >= 15 is 0 Å². The fraction of sp³-hybridized carbons (Fsp3) is 0.429. The molecule has 0 spiro atoms. The zero-order chi connectivity index (χ0) is 25.8. The predicted octanol–water partition coefficient (Wildman–Crippen LogP) is 6.70. The monoisotopic (exact) mass is 507 g/mol. The molecule has 7 nitrogen and oxygen atoms in total. The highest BCUT2D eigenvalue weighted by atomic mass is 35.5. The van der Waals surface area contributed by atoms with Gasteiger partial charge in [-0.3, -0.25) is 9.59 Å². The molecule has 0 radical (unpaired) electrons. The average molecular weight is 508 g/mol. The summed E-state index contributed by atoms with van der Waals surface area (Å²) in [4.78, 5) is 32.7. The van der Waals surface area contributed by atoms with Crippen LogP contribution in [0.2, 0.25) is 5.02 Å². The molecule has 3 aromatic rings. The molecule has 4 rings (SSSR count). The number of rotatable bonds is 9. The molecule has 1 saturated carbocycles. The van der Waals surface area contributed by atoms with Gasteiger partial charge < -0.3 is 14.4 Å². The van der Waals surface area contributed by atoms with Crippen molar-refractivity contribution < 1.29 is 19.4 Å². The van der Waals surface area contributed by atoms with E-state index < -0.39 is 5.97 Å². The lowest BCUT2D eigenvalue weighted by Gasteiger charge is -2.30. The lowest BCUT2D eigenvalue weighted by molar-refractivity contribution is -0.137. The van der Waals surface area contributed by atoms with Gasteiger partial charge in [-0.15, -0.1) is 0 Å². The van der Waals surface area contributed by atoms with Gasteiger partial charge in [-0.2, -0.15) is 0 Å². The molecule has 1 aromatic carbocycles. The molecular weight excluding hydrogens is 478 g/mol. The van der Waals surface area contributed by atoms with Crippen LogP contribution in [-0.2, 0) is 23.2 Å². The van der Waals surface area contributed by atoms with Crippen LogP contribution in [0, 0.1) is 12.5 Å². The van der Waals surface area contributed by atoms with Crippen LogP contribution in [0.4, 0.5) is 5.69 Å². The second kappa shape index (κ2) is 11.2. The van der Waals surface area contributed by atoms with Crippen LogP contribution in [0.25, 0.3) is 15.9 Å². The Morgan fingerprint density at radius 3 is 2.67 bits per heavy atom. The first-order valence-corrected chi connectivity index (χ1v) is 12.6. The van der Waals surface area contributed by atoms with Crippen LogP contribution < -0.4 is 0 Å². The molecule has 0 aliphatic heterocycles. The van der Waals surface area contributed by atoms with E-state index in [9.17, 15) is 9.59 Å². The molecule has 1 atom stereocenters. The van der Waals surface area contributed by atoms with Crippen molar-refractivity contribution in [3.8, 4) is 0 Å². The van der Waals surface area contributed by atoms with E-state index in [0.29, 0.717) is 33.9 Å². The predicted molar refractivity (Wildman–Crippen MR) is 139 cm³/mol. The maximum absolute atomic E-state index is 13.5. The van der Waals surface area contributed by atoms with E-state index in [0.717, 1.165) is 36.9 Å². The minimum Gasteiger partial charge on any atom is -0.481 e. The van der Waals surface area contributed by atoms with Crippen molar-refractivity contribution in [2.75, 3.05) is 0 Å². The van der Waals surface area contributed by atoms with Crippen LogP contribution >= 0.6 is 11.6 Å². The number of ketones is 1. The Labute approximate surface area is 215 Å². The topological polar surface area (TPSA) is 85.8 Å². The van der Waals surface area contributed by atoms with Gasteiger partial charge in [0.05, 0.1) is 19.3 Å². The second-order valence-corrected chi connectivity index (χ2v) is 10.2. The number of hydrogen-bond donors (Lipinski definition) is 1. The number of benzene rings is 1. The normalized spacial score (nSPS) is 18.6. The number of carboxylic acid groups (broad SMARTS) is 1. The summed E-state index contributed by atoms with van der Waals surface area (Å²) in [6.45, 7) is 9.68. The minimum absolute atomic E-state index is 0.0630. The SMILES string of the molecule is [C-]#[N+]c1cnc2c(c1)c(C(=O)CC(C)CC(=O)O)c(C1CCC(OCc3cccc(Cl)c3)CC1)n2C. The summed E-state index contributed by atoms with van der Waals surface area (Å²) >= 11 is 6.08. The Hall–Kier alpha value is -3.21. The van der Waals surface area contributed by atoms with E-state index in [1.807, 2.05) is 35.9 Å². The summed E-state index contributed by atoms with van der Waals surface area (Å²) in [7, 11) is 1.92. The van der Waals surface area contributed by atoms with Crippen LogP contribution in [0.15, 0.2) is 36.5 Å². The number of pyridine rings is 1. The van der Waals surface area contributed by atoms with Crippen molar-refractivity contribution in [2.45, 2.75) is 64.1 Å². The molecular formula is C28H30ClN3O4. The molecule has 2 aromatic heterocycles. The Bertz CT molecular complexity index is 1320. The lowest BCUT2D eigenvalue weighted by Crippen LogP contribution is -2.23. The van der Waals surface area contributed by atoms with Gasteiger partial charge in [0.1, 0.15) is 5.65 Å². The van der Waals surface area contributed by atoms with Crippen molar-refractivity contribution in [1.29, 1.82) is 0 Å². The number of carbonyl (C=O) groups excluding carboxylic acids is 1. The average Bonchev–Trinajstić information content (AvgIpc) is 3.14. The standard InChI is InChI=1S/C28H30ClN3O4/c1-17(12-25(34)35)11-24(33)26-23-14-21(30-2)15-31-28(23)32(3)27(26)19-7-9-22(10-8-19)36-16-18-5-4-6-20(29)13-18/h4-6,13-15,17,19,22H,7-12,16H2,1,3H3,(H,34,35). The third-order valence-electron chi connectivity index (χ3n) is 6.96. The third-order valence-corrected chi connectivity index (χ3v) is 7.19. The summed E-state index contributed by atoms with van der Waals surface area (Å²) in [5, 5.41) is 10.5. The molecule has 8 heteroatoms. The fourth-order valence-electron chi connectivity index (χ4n) is 5.28. The van der Waals surface area contributed by atoms with Crippen LogP contribution in [-0.4, -0.2) is 32.5 Å². The van der Waals surface area contributed by atoms with Crippen LogP contribution in [0.5, 0.6) is 0 Å². The van der Waals surface area contributed by atoms with Crippen LogP contribution in [0.1, 0.15) is 73.0 Å². The zero-order valence-corrected chi connectivity index (χ0v) is 21.3. The van der Waals surface area contributed by atoms with E-state index in [4.69, 9.17) is 28.0 Å². The maximum Gasteiger partial charge on any atom is 0.303 e. The minimum atomic E-state index is -0.915. The second-order valence-electron chi connectivity index (χ2n) is 9.74. The first-order chi connectivity index (χ1) is 17.3. The highest BCUT2D eigenvalue weighted by Crippen LogP contribution is 2.40. The van der Waals surface area contributed by atoms with Gasteiger partial charge in [-0.05, 0) is 55.4 Å². The highest BCUT2D eigenvalue weighted by Gasteiger charge is 2.31. The molecule has 1 unspecified atom stereocenters. The van der Waals surface area contributed by atoms with Gasteiger partial charge in [0.15, 0.2) is 5.78 Å². The Balaban J connectivity index is 1.56.